The number of nitrogens with zero attached hydrogens (tertiary/aromatic N) is 2. The first-order valence-corrected chi connectivity index (χ1v) is 11.1. The first-order chi connectivity index (χ1) is 14.1. The molecule has 3 rings (SSSR count). The molecule has 0 aliphatic carbocycles. The Hall–Kier alpha value is -2.08. The zero-order chi connectivity index (χ0) is 20.6. The molecule has 0 unspecified atom stereocenters. The fourth-order valence-electron chi connectivity index (χ4n) is 4.40. The molecule has 1 aromatic carbocycles. The summed E-state index contributed by atoms with van der Waals surface area (Å²) < 4.78 is 5.79. The van der Waals surface area contributed by atoms with Crippen LogP contribution in [0, 0.1) is 0 Å². The second-order valence-corrected chi connectivity index (χ2v) is 8.20. The van der Waals surface area contributed by atoms with Crippen LogP contribution in [0.4, 0.5) is 5.69 Å². The van der Waals surface area contributed by atoms with Gasteiger partial charge in [0, 0.05) is 32.0 Å². The molecular weight excluding hydrogens is 366 g/mol. The normalized spacial score (nSPS) is 21.9. The summed E-state index contributed by atoms with van der Waals surface area (Å²) in [5.41, 5.74) is 0.794. The smallest absolute Gasteiger partial charge is 0.227 e. The van der Waals surface area contributed by atoms with Crippen LogP contribution in [-0.4, -0.2) is 55.0 Å². The molecule has 0 saturated carbocycles. The quantitative estimate of drug-likeness (QED) is 0.679. The Balaban J connectivity index is 1.38. The third-order valence-corrected chi connectivity index (χ3v) is 5.96. The second-order valence-electron chi connectivity index (χ2n) is 8.20. The van der Waals surface area contributed by atoms with E-state index in [2.05, 4.69) is 17.1 Å². The lowest BCUT2D eigenvalue weighted by molar-refractivity contribution is -0.125. The van der Waals surface area contributed by atoms with Gasteiger partial charge >= 0.3 is 0 Å². The van der Waals surface area contributed by atoms with E-state index >= 15 is 0 Å². The van der Waals surface area contributed by atoms with Gasteiger partial charge in [-0.3, -0.25) is 9.59 Å². The van der Waals surface area contributed by atoms with Gasteiger partial charge in [0.15, 0.2) is 0 Å². The second kappa shape index (κ2) is 10.6. The van der Waals surface area contributed by atoms with Crippen LogP contribution in [0.1, 0.15) is 58.8 Å². The maximum atomic E-state index is 12.7. The molecule has 1 saturated heterocycles. The molecule has 1 fully saturated rings. The van der Waals surface area contributed by atoms with Crippen LogP contribution in [0.15, 0.2) is 24.3 Å². The van der Waals surface area contributed by atoms with Crippen LogP contribution in [0.25, 0.3) is 0 Å². The van der Waals surface area contributed by atoms with Crippen molar-refractivity contribution < 1.29 is 14.3 Å². The monoisotopic (exact) mass is 401 g/mol. The first kappa shape index (κ1) is 21.6. The number of amides is 2. The molecule has 0 bridgehead atoms. The number of para-hydroxylation sites is 2. The molecule has 6 heteroatoms. The maximum absolute atomic E-state index is 12.7. The van der Waals surface area contributed by atoms with E-state index in [4.69, 9.17) is 4.74 Å². The molecule has 2 aliphatic heterocycles. The van der Waals surface area contributed by atoms with Gasteiger partial charge < -0.3 is 19.9 Å². The van der Waals surface area contributed by atoms with Crippen molar-refractivity contribution in [2.45, 2.75) is 70.9 Å². The number of nitrogens with one attached hydrogen (secondary N) is 1. The number of fused-ring (bicyclic) bond motifs is 1. The molecule has 2 heterocycles. The molecule has 2 aliphatic rings. The van der Waals surface area contributed by atoms with Gasteiger partial charge in [-0.2, -0.15) is 0 Å². The highest BCUT2D eigenvalue weighted by atomic mass is 16.5. The highest BCUT2D eigenvalue weighted by molar-refractivity contribution is 5.97. The van der Waals surface area contributed by atoms with Crippen LogP contribution < -0.4 is 15.0 Å². The molecule has 0 aromatic heterocycles. The summed E-state index contributed by atoms with van der Waals surface area (Å²) >= 11 is 0. The van der Waals surface area contributed by atoms with Crippen LogP contribution in [0.3, 0.4) is 0 Å². The van der Waals surface area contributed by atoms with E-state index in [9.17, 15) is 9.59 Å². The van der Waals surface area contributed by atoms with Crippen LogP contribution in [0.2, 0.25) is 0 Å². The fraction of sp³-hybridized carbons (Fsp3) is 0.652. The molecule has 0 spiro atoms. The Morgan fingerprint density at radius 3 is 2.86 bits per heavy atom. The largest absolute Gasteiger partial charge is 0.487 e. The van der Waals surface area contributed by atoms with Crippen LogP contribution >= 0.6 is 0 Å². The first-order valence-electron chi connectivity index (χ1n) is 11.1. The van der Waals surface area contributed by atoms with Crippen molar-refractivity contribution in [3.8, 4) is 5.75 Å². The van der Waals surface area contributed by atoms with Gasteiger partial charge in [-0.05, 0) is 51.3 Å². The van der Waals surface area contributed by atoms with E-state index < -0.39 is 0 Å². The Morgan fingerprint density at radius 1 is 1.21 bits per heavy atom. The molecule has 2 atom stereocenters. The molecular formula is C23H35N3O3. The number of carbonyl (C=O) groups excluding carboxylic acids is 2. The van der Waals surface area contributed by atoms with Crippen molar-refractivity contribution in [1.82, 2.24) is 10.2 Å². The predicted molar refractivity (Wildman–Crippen MR) is 115 cm³/mol. The zero-order valence-electron chi connectivity index (χ0n) is 17.9. The lowest BCUT2D eigenvalue weighted by atomic mass is 10.00. The summed E-state index contributed by atoms with van der Waals surface area (Å²) in [7, 11) is 0. The van der Waals surface area contributed by atoms with Crippen LogP contribution in [0.5, 0.6) is 5.75 Å². The predicted octanol–water partition coefficient (Wildman–Crippen LogP) is 3.35. The maximum Gasteiger partial charge on any atom is 0.227 e. The fourth-order valence-corrected chi connectivity index (χ4v) is 4.40. The molecule has 0 radical (unpaired) electrons. The van der Waals surface area contributed by atoms with E-state index in [-0.39, 0.29) is 30.8 Å². The van der Waals surface area contributed by atoms with Gasteiger partial charge in [-0.25, -0.2) is 0 Å². The van der Waals surface area contributed by atoms with Crippen LogP contribution in [-0.2, 0) is 9.59 Å². The molecule has 2 amide bonds. The topological polar surface area (TPSA) is 61.9 Å². The third kappa shape index (κ3) is 5.95. The lowest BCUT2D eigenvalue weighted by Gasteiger charge is -2.35. The standard InChI is InChI=1S/C23H35N3O3/c1-3-19-9-6-7-15-25(19)16-8-14-24-22(27)12-13-23(28)26-17-18(2)29-21-11-5-4-10-20(21)26/h4-5,10-11,18-19H,3,6-9,12-17H2,1-2H3,(H,24,27)/t18-,19+/m0/s1. The average Bonchev–Trinajstić information content (AvgIpc) is 2.74. The van der Waals surface area contributed by atoms with Gasteiger partial charge in [-0.1, -0.05) is 25.5 Å². The van der Waals surface area contributed by atoms with E-state index in [1.807, 2.05) is 31.2 Å². The van der Waals surface area contributed by atoms with E-state index in [0.717, 1.165) is 24.4 Å². The average molecular weight is 402 g/mol. The number of benzene rings is 1. The zero-order valence-corrected chi connectivity index (χ0v) is 17.9. The minimum atomic E-state index is -0.0515. The third-order valence-electron chi connectivity index (χ3n) is 5.96. The molecule has 1 N–H and O–H groups in total. The summed E-state index contributed by atoms with van der Waals surface area (Å²) in [6, 6.07) is 8.28. The van der Waals surface area contributed by atoms with Gasteiger partial charge in [0.25, 0.3) is 0 Å². The molecule has 6 nitrogen and oxygen atoms in total. The highest BCUT2D eigenvalue weighted by Crippen LogP contribution is 2.33. The number of hydrogen-bond acceptors (Lipinski definition) is 4. The van der Waals surface area contributed by atoms with Crippen molar-refractivity contribution in [3.63, 3.8) is 0 Å². The lowest BCUT2D eigenvalue weighted by Crippen LogP contribution is -2.42. The number of anilines is 1. The molecule has 29 heavy (non-hydrogen) atoms. The van der Waals surface area contributed by atoms with Gasteiger partial charge in [0.2, 0.25) is 11.8 Å². The van der Waals surface area contributed by atoms with Crippen molar-refractivity contribution in [3.05, 3.63) is 24.3 Å². The van der Waals surface area contributed by atoms with E-state index in [0.29, 0.717) is 19.1 Å². The minimum Gasteiger partial charge on any atom is -0.487 e. The summed E-state index contributed by atoms with van der Waals surface area (Å²) in [4.78, 5) is 29.2. The van der Waals surface area contributed by atoms with Crippen molar-refractivity contribution in [2.75, 3.05) is 31.1 Å². The van der Waals surface area contributed by atoms with Crippen molar-refractivity contribution >= 4 is 17.5 Å². The number of hydrogen-bond donors (Lipinski definition) is 1. The summed E-state index contributed by atoms with van der Waals surface area (Å²) in [5.74, 6) is 0.660. The number of ether oxygens (including phenoxy) is 1. The summed E-state index contributed by atoms with van der Waals surface area (Å²) in [6.07, 6.45) is 6.49. The highest BCUT2D eigenvalue weighted by Gasteiger charge is 2.27. The summed E-state index contributed by atoms with van der Waals surface area (Å²) in [5, 5.41) is 2.98. The molecule has 160 valence electrons. The van der Waals surface area contributed by atoms with Crippen molar-refractivity contribution in [1.29, 1.82) is 0 Å². The summed E-state index contributed by atoms with van der Waals surface area (Å²) in [6.45, 7) is 7.63. The minimum absolute atomic E-state index is 0.0261. The number of carbonyl (C=O) groups is 2. The number of rotatable bonds is 8. The van der Waals surface area contributed by atoms with E-state index in [1.54, 1.807) is 4.90 Å². The van der Waals surface area contributed by atoms with E-state index in [1.165, 1.54) is 32.2 Å². The van der Waals surface area contributed by atoms with Gasteiger partial charge in [0.05, 0.1) is 12.2 Å². The SMILES string of the molecule is CC[C@@H]1CCCCN1CCCNC(=O)CCC(=O)N1C[C@H](C)Oc2ccccc21. The number of piperidine rings is 1. The Bertz CT molecular complexity index is 694. The molecule has 1 aromatic rings. The van der Waals surface area contributed by atoms with Crippen molar-refractivity contribution in [2.24, 2.45) is 0 Å². The Morgan fingerprint density at radius 2 is 2.03 bits per heavy atom. The Kier molecular flexibility index (Phi) is 7.92. The van der Waals surface area contributed by atoms with Gasteiger partial charge in [-0.15, -0.1) is 0 Å². The number of likely N-dealkylation sites (tertiary alicyclic amines) is 1. The van der Waals surface area contributed by atoms with Gasteiger partial charge in [0.1, 0.15) is 11.9 Å². The Labute approximate surface area is 174 Å².